The minimum absolute atomic E-state index is 0.567. The van der Waals surface area contributed by atoms with E-state index >= 15 is 0 Å². The Kier molecular flexibility index (Phi) is 3.28. The first-order chi connectivity index (χ1) is 6.20. The second-order valence-corrected chi connectivity index (χ2v) is 2.66. The Hall–Kier alpha value is -1.55. The Balaban J connectivity index is 2.68. The smallest absolute Gasteiger partial charge is 0.332 e. The fourth-order valence-electron chi connectivity index (χ4n) is 0.745. The summed E-state index contributed by atoms with van der Waals surface area (Å²) in [6, 6.07) is 6.42. The highest BCUT2D eigenvalue weighted by Crippen LogP contribution is 2.11. The van der Waals surface area contributed by atoms with Crippen molar-refractivity contribution >= 4 is 23.8 Å². The quantitative estimate of drug-likeness (QED) is 0.545. The number of urea groups is 1. The van der Waals surface area contributed by atoms with Gasteiger partial charge in [0.05, 0.1) is 6.21 Å². The zero-order valence-corrected chi connectivity index (χ0v) is 7.45. The minimum Gasteiger partial charge on any atom is -0.350 e. The van der Waals surface area contributed by atoms with Crippen molar-refractivity contribution in [2.24, 2.45) is 10.8 Å². The molecule has 0 fully saturated rings. The number of halogens is 1. The molecule has 2 amide bonds. The number of primary amides is 1. The van der Waals surface area contributed by atoms with Gasteiger partial charge in [0.1, 0.15) is 0 Å². The zero-order chi connectivity index (χ0) is 9.68. The maximum Gasteiger partial charge on any atom is 0.332 e. The van der Waals surface area contributed by atoms with E-state index in [1.54, 1.807) is 18.2 Å². The maximum absolute atomic E-state index is 10.2. The van der Waals surface area contributed by atoms with Crippen molar-refractivity contribution in [3.8, 4) is 0 Å². The van der Waals surface area contributed by atoms with Crippen molar-refractivity contribution in [1.82, 2.24) is 5.43 Å². The molecular formula is C8H8ClN3O. The van der Waals surface area contributed by atoms with Crippen LogP contribution in [-0.2, 0) is 0 Å². The van der Waals surface area contributed by atoms with Crippen LogP contribution in [0.4, 0.5) is 4.79 Å². The summed E-state index contributed by atoms with van der Waals surface area (Å²) in [5.74, 6) is 0. The van der Waals surface area contributed by atoms with Gasteiger partial charge in [0.15, 0.2) is 0 Å². The second kappa shape index (κ2) is 4.47. The number of benzene rings is 1. The summed E-state index contributed by atoms with van der Waals surface area (Å²) in [6.07, 6.45) is 1.42. The monoisotopic (exact) mass is 197 g/mol. The molecule has 0 aromatic heterocycles. The number of nitrogens with one attached hydrogen (secondary N) is 1. The topological polar surface area (TPSA) is 67.5 Å². The van der Waals surface area contributed by atoms with E-state index in [2.05, 4.69) is 10.5 Å². The number of carbonyl (C=O) groups is 1. The van der Waals surface area contributed by atoms with E-state index < -0.39 is 6.03 Å². The van der Waals surface area contributed by atoms with E-state index in [1.165, 1.54) is 6.21 Å². The number of hydrogen-bond acceptors (Lipinski definition) is 2. The van der Waals surface area contributed by atoms with E-state index in [0.717, 1.165) is 5.56 Å². The van der Waals surface area contributed by atoms with Gasteiger partial charge in [0.2, 0.25) is 0 Å². The van der Waals surface area contributed by atoms with Gasteiger partial charge in [-0.3, -0.25) is 0 Å². The summed E-state index contributed by atoms with van der Waals surface area (Å²) in [5, 5.41) is 4.14. The molecule has 0 saturated heterocycles. The zero-order valence-electron chi connectivity index (χ0n) is 6.70. The standard InChI is InChI=1S/C8H8ClN3O/c9-7-4-2-1-3-6(7)5-11-12-8(10)13/h1-5H,(H3,10,12,13)/b11-5-. The molecule has 0 aliphatic rings. The number of rotatable bonds is 2. The van der Waals surface area contributed by atoms with E-state index in [1.807, 2.05) is 6.07 Å². The summed E-state index contributed by atoms with van der Waals surface area (Å²) in [4.78, 5) is 10.2. The van der Waals surface area contributed by atoms with Crippen LogP contribution in [0.1, 0.15) is 5.56 Å². The molecule has 0 heterocycles. The molecule has 0 spiro atoms. The Labute approximate surface area is 80.4 Å². The molecule has 13 heavy (non-hydrogen) atoms. The number of nitrogens with zero attached hydrogens (tertiary/aromatic N) is 1. The van der Waals surface area contributed by atoms with Gasteiger partial charge in [-0.1, -0.05) is 29.8 Å². The Bertz CT molecular complexity index is 338. The molecule has 0 radical (unpaired) electrons. The van der Waals surface area contributed by atoms with Crippen LogP contribution >= 0.6 is 11.6 Å². The third kappa shape index (κ3) is 3.13. The maximum atomic E-state index is 10.2. The van der Waals surface area contributed by atoms with Crippen LogP contribution in [-0.4, -0.2) is 12.2 Å². The third-order valence-electron chi connectivity index (χ3n) is 1.28. The predicted molar refractivity (Wildman–Crippen MR) is 51.8 cm³/mol. The molecule has 0 aliphatic heterocycles. The molecule has 1 aromatic carbocycles. The highest BCUT2D eigenvalue weighted by Gasteiger charge is 1.93. The van der Waals surface area contributed by atoms with Crippen LogP contribution in [0.2, 0.25) is 5.02 Å². The van der Waals surface area contributed by atoms with Crippen molar-refractivity contribution < 1.29 is 4.79 Å². The van der Waals surface area contributed by atoms with Crippen LogP contribution in [0.5, 0.6) is 0 Å². The van der Waals surface area contributed by atoms with Crippen LogP contribution < -0.4 is 11.2 Å². The number of nitrogens with two attached hydrogens (primary N) is 1. The summed E-state index contributed by atoms with van der Waals surface area (Å²) in [7, 11) is 0. The highest BCUT2D eigenvalue weighted by molar-refractivity contribution is 6.33. The lowest BCUT2D eigenvalue weighted by molar-refractivity contribution is 0.249. The number of carbonyl (C=O) groups excluding carboxylic acids is 1. The van der Waals surface area contributed by atoms with Gasteiger partial charge in [0.25, 0.3) is 0 Å². The van der Waals surface area contributed by atoms with E-state index in [-0.39, 0.29) is 0 Å². The largest absolute Gasteiger partial charge is 0.350 e. The van der Waals surface area contributed by atoms with Gasteiger partial charge in [-0.15, -0.1) is 0 Å². The fourth-order valence-corrected chi connectivity index (χ4v) is 0.930. The molecule has 5 heteroatoms. The minimum atomic E-state index is -0.705. The SMILES string of the molecule is NC(=O)N/N=C\c1ccccc1Cl. The first-order valence-corrected chi connectivity index (χ1v) is 3.91. The average molecular weight is 198 g/mol. The van der Waals surface area contributed by atoms with Gasteiger partial charge in [-0.25, -0.2) is 10.2 Å². The van der Waals surface area contributed by atoms with E-state index in [4.69, 9.17) is 17.3 Å². The van der Waals surface area contributed by atoms with Crippen molar-refractivity contribution in [2.45, 2.75) is 0 Å². The lowest BCUT2D eigenvalue weighted by Gasteiger charge is -1.95. The summed E-state index contributed by atoms with van der Waals surface area (Å²) >= 11 is 5.80. The molecule has 1 rings (SSSR count). The van der Waals surface area contributed by atoms with Crippen molar-refractivity contribution in [3.05, 3.63) is 34.9 Å². The average Bonchev–Trinajstić information content (AvgIpc) is 2.08. The fraction of sp³-hybridized carbons (Fsp3) is 0. The Morgan fingerprint density at radius 2 is 2.23 bits per heavy atom. The molecule has 1 aromatic rings. The summed E-state index contributed by atoms with van der Waals surface area (Å²) in [5.41, 5.74) is 7.59. The third-order valence-corrected chi connectivity index (χ3v) is 1.63. The molecule has 0 unspecified atom stereocenters. The van der Waals surface area contributed by atoms with Gasteiger partial charge < -0.3 is 5.73 Å². The highest BCUT2D eigenvalue weighted by atomic mass is 35.5. The first kappa shape index (κ1) is 9.54. The van der Waals surface area contributed by atoms with Crippen LogP contribution in [0.25, 0.3) is 0 Å². The molecule has 0 bridgehead atoms. The molecular weight excluding hydrogens is 190 g/mol. The molecule has 3 N–H and O–H groups in total. The van der Waals surface area contributed by atoms with Crippen LogP contribution in [0.3, 0.4) is 0 Å². The van der Waals surface area contributed by atoms with E-state index in [0.29, 0.717) is 5.02 Å². The lowest BCUT2D eigenvalue weighted by atomic mass is 10.2. The molecule has 4 nitrogen and oxygen atoms in total. The first-order valence-electron chi connectivity index (χ1n) is 3.53. The van der Waals surface area contributed by atoms with Gasteiger partial charge in [0, 0.05) is 10.6 Å². The molecule has 0 aliphatic carbocycles. The van der Waals surface area contributed by atoms with Gasteiger partial charge in [-0.2, -0.15) is 5.10 Å². The molecule has 0 saturated carbocycles. The lowest BCUT2D eigenvalue weighted by Crippen LogP contribution is -2.24. The van der Waals surface area contributed by atoms with Crippen molar-refractivity contribution in [1.29, 1.82) is 0 Å². The number of hydrazone groups is 1. The Morgan fingerprint density at radius 1 is 1.54 bits per heavy atom. The van der Waals surface area contributed by atoms with Crippen molar-refractivity contribution in [3.63, 3.8) is 0 Å². The molecule has 0 atom stereocenters. The molecule has 68 valence electrons. The van der Waals surface area contributed by atoms with Gasteiger partial charge in [-0.05, 0) is 6.07 Å². The second-order valence-electron chi connectivity index (χ2n) is 2.26. The van der Waals surface area contributed by atoms with Gasteiger partial charge >= 0.3 is 6.03 Å². The Morgan fingerprint density at radius 3 is 2.85 bits per heavy atom. The van der Waals surface area contributed by atoms with E-state index in [9.17, 15) is 4.79 Å². The number of hydrogen-bond donors (Lipinski definition) is 2. The number of amides is 2. The normalized spacial score (nSPS) is 10.2. The predicted octanol–water partition coefficient (Wildman–Crippen LogP) is 1.34. The summed E-state index contributed by atoms with van der Waals surface area (Å²) in [6.45, 7) is 0. The van der Waals surface area contributed by atoms with Crippen LogP contribution in [0.15, 0.2) is 29.4 Å². The van der Waals surface area contributed by atoms with Crippen LogP contribution in [0, 0.1) is 0 Å². The summed E-state index contributed by atoms with van der Waals surface area (Å²) < 4.78 is 0. The van der Waals surface area contributed by atoms with Crippen molar-refractivity contribution in [2.75, 3.05) is 0 Å².